The van der Waals surface area contributed by atoms with Crippen molar-refractivity contribution in [2.75, 3.05) is 27.4 Å². The van der Waals surface area contributed by atoms with Gasteiger partial charge >= 0.3 is 11.9 Å². The van der Waals surface area contributed by atoms with Gasteiger partial charge in [0.25, 0.3) is 0 Å². The van der Waals surface area contributed by atoms with Gasteiger partial charge in [0.1, 0.15) is 46.1 Å². The van der Waals surface area contributed by atoms with E-state index in [2.05, 4.69) is 152 Å². The van der Waals surface area contributed by atoms with E-state index in [0.29, 0.717) is 69.6 Å². The Kier molecular flexibility index (Phi) is 24.6. The Hall–Kier alpha value is -14.1. The number of rotatable bonds is 20. The minimum absolute atomic E-state index is 0.0428. The third kappa shape index (κ3) is 15.9. The number of para-hydroxylation sites is 2. The second-order valence-corrected chi connectivity index (χ2v) is 28.3. The second-order valence-electron chi connectivity index (χ2n) is 28.3. The highest BCUT2D eigenvalue weighted by Crippen LogP contribution is 2.60. The fraction of sp³-hybridized carbons (Fsp3) is 0.135. The van der Waals surface area contributed by atoms with Gasteiger partial charge in [-0.25, -0.2) is 9.59 Å². The normalized spacial score (nSPS) is 11.9. The third-order valence-electron chi connectivity index (χ3n) is 20.6. The molecule has 0 aliphatic heterocycles. The van der Waals surface area contributed by atoms with E-state index >= 15 is 0 Å². The van der Waals surface area contributed by atoms with Gasteiger partial charge in [-0.2, -0.15) is 0 Å². The van der Waals surface area contributed by atoms with Crippen molar-refractivity contribution in [3.63, 3.8) is 0 Å². The first kappa shape index (κ1) is 80.0. The van der Waals surface area contributed by atoms with Crippen LogP contribution in [0.25, 0.3) is 66.8 Å². The molecule has 0 fully saturated rings. The Labute approximate surface area is 677 Å². The molecule has 14 aromatic rings. The summed E-state index contributed by atoms with van der Waals surface area (Å²) in [4.78, 5) is 72.1. The first-order valence-corrected chi connectivity index (χ1v) is 38.6. The molecular weight excluding hydrogens is 1440 g/mol. The fourth-order valence-electron chi connectivity index (χ4n) is 15.9. The van der Waals surface area contributed by atoms with Crippen LogP contribution in [-0.4, -0.2) is 62.5 Å². The molecule has 0 unspecified atom stereocenters. The first-order chi connectivity index (χ1) is 56.4. The van der Waals surface area contributed by atoms with Crippen LogP contribution in [-0.2, 0) is 20.4 Å². The van der Waals surface area contributed by atoms with Crippen molar-refractivity contribution in [1.82, 2.24) is 0 Å². The van der Waals surface area contributed by atoms with Gasteiger partial charge in [0.2, 0.25) is 0 Å². The van der Waals surface area contributed by atoms with Crippen molar-refractivity contribution >= 4 is 35.1 Å². The van der Waals surface area contributed by atoms with E-state index in [1.807, 2.05) is 147 Å². The molecule has 12 heteroatoms. The fourth-order valence-corrected chi connectivity index (χ4v) is 15.9. The molecule has 576 valence electrons. The van der Waals surface area contributed by atoms with E-state index in [-0.39, 0.29) is 23.1 Å². The summed E-state index contributed by atoms with van der Waals surface area (Å²) in [6, 6.07) is 108. The summed E-state index contributed by atoms with van der Waals surface area (Å²) in [5.74, 6) is 2.91. The van der Waals surface area contributed by atoms with Crippen molar-refractivity contribution in [2.24, 2.45) is 0 Å². The van der Waals surface area contributed by atoms with Crippen LogP contribution in [0.3, 0.4) is 0 Å². The monoisotopic (exact) mass is 1530 g/mol. The topological polar surface area (TPSA) is 158 Å². The Balaban J connectivity index is 0.000000185. The van der Waals surface area contributed by atoms with Crippen LogP contribution in [0, 0.1) is 0 Å². The molecule has 0 amide bonds. The van der Waals surface area contributed by atoms with Crippen molar-refractivity contribution < 1.29 is 57.2 Å². The molecule has 14 aromatic carbocycles. The van der Waals surface area contributed by atoms with E-state index in [9.17, 15) is 28.8 Å². The SMILES string of the molecule is CC(C)=O.CC(C)=O.CCOc1ccccc1-c1cc(C2(c3ccc(OC(=O)c4ccccc4)c(-c4ccccc4OCC)c3)c3ccccc3-c3ccccc32)ccc1OC.COc1ccc(C2(c3ccc(OC(=O)c4ccccc4)c(-c4ccccc4C(C)=O)c3)c3ccccc3-c3ccccc32)cc1-c1ccccc1C(C)=O. The lowest BCUT2D eigenvalue weighted by atomic mass is 9.66. The van der Waals surface area contributed by atoms with Gasteiger partial charge in [-0.3, -0.25) is 9.59 Å². The number of carbonyl (C=O) groups excluding carboxylic acids is 6. The van der Waals surface area contributed by atoms with Crippen LogP contribution in [0.2, 0.25) is 0 Å². The van der Waals surface area contributed by atoms with Crippen molar-refractivity contribution in [3.8, 4) is 101 Å². The maximum Gasteiger partial charge on any atom is 0.343 e. The third-order valence-corrected chi connectivity index (χ3v) is 20.6. The lowest BCUT2D eigenvalue weighted by molar-refractivity contribution is -0.115. The van der Waals surface area contributed by atoms with Gasteiger partial charge < -0.3 is 38.0 Å². The van der Waals surface area contributed by atoms with Crippen molar-refractivity contribution in [1.29, 1.82) is 0 Å². The molecule has 0 N–H and O–H groups in total. The predicted octanol–water partition coefficient (Wildman–Crippen LogP) is 23.6. The molecule has 16 rings (SSSR count). The summed E-state index contributed by atoms with van der Waals surface area (Å²) in [5, 5.41) is 0. The van der Waals surface area contributed by atoms with E-state index in [1.165, 1.54) is 27.7 Å². The minimum atomic E-state index is -0.874. The van der Waals surface area contributed by atoms with Crippen LogP contribution in [0.15, 0.2) is 328 Å². The number of hydrogen-bond donors (Lipinski definition) is 0. The van der Waals surface area contributed by atoms with Crippen LogP contribution >= 0.6 is 0 Å². The van der Waals surface area contributed by atoms with E-state index in [4.69, 9.17) is 28.4 Å². The maximum absolute atomic E-state index is 13.6. The average Bonchev–Trinajstić information content (AvgIpc) is 1.52. The number of fused-ring (bicyclic) bond motifs is 6. The van der Waals surface area contributed by atoms with Gasteiger partial charge in [-0.15, -0.1) is 0 Å². The zero-order valence-electron chi connectivity index (χ0n) is 66.5. The summed E-state index contributed by atoms with van der Waals surface area (Å²) in [5.41, 5.74) is 19.5. The van der Waals surface area contributed by atoms with E-state index in [0.717, 1.165) is 112 Å². The molecule has 2 aliphatic carbocycles. The van der Waals surface area contributed by atoms with E-state index < -0.39 is 22.8 Å². The van der Waals surface area contributed by atoms with Gasteiger partial charge in [0.05, 0.1) is 49.4 Å². The van der Waals surface area contributed by atoms with Crippen LogP contribution in [0.1, 0.15) is 141 Å². The molecule has 0 spiro atoms. The standard InChI is InChI=1S/C49H36O5.C49H40O5.2C3H6O/c1-31(50)36-17-7-9-19-38(36)42-29-34(25-27-46(42)53-3)49(44-23-13-11-21-40(44)41-22-12-14-24-45(41)49)35-26-28-47(54-48(52)33-15-5-4-6-16-33)43(30-35)39-20-10-8-18-37(39)32(2)51;1-4-52-45-25-15-11-21-38(45)40-31-34(27-29-44(40)51-3)49(42-23-13-9-19-36(42)37-20-10-14-24-43(37)49)35-28-30-47(54-48(50)33-17-7-6-8-18-33)41(32-35)39-22-12-16-26-46(39)53-5-2;2*1-3(2)4/h4-30H,1-3H3;6-32H,4-5H2,1-3H3;2*1-2H3. The highest BCUT2D eigenvalue weighted by Gasteiger charge is 2.49. The molecule has 0 aromatic heterocycles. The lowest BCUT2D eigenvalue weighted by Crippen LogP contribution is -2.29. The molecule has 2 aliphatic rings. The molecular formula is C104H88O12. The van der Waals surface area contributed by atoms with Gasteiger partial charge in [0.15, 0.2) is 11.6 Å². The minimum Gasteiger partial charge on any atom is -0.496 e. The lowest BCUT2D eigenvalue weighted by Gasteiger charge is -2.35. The number of carbonyl (C=O) groups is 6. The Morgan fingerprint density at radius 1 is 0.250 bits per heavy atom. The van der Waals surface area contributed by atoms with Crippen LogP contribution in [0.5, 0.6) is 34.5 Å². The zero-order valence-corrected chi connectivity index (χ0v) is 66.5. The van der Waals surface area contributed by atoms with Crippen molar-refractivity contribution in [2.45, 2.75) is 66.2 Å². The van der Waals surface area contributed by atoms with Crippen LogP contribution in [0.4, 0.5) is 0 Å². The highest BCUT2D eigenvalue weighted by molar-refractivity contribution is 6.04. The van der Waals surface area contributed by atoms with E-state index in [1.54, 1.807) is 70.5 Å². The average molecular weight is 1530 g/mol. The molecule has 0 atom stereocenters. The Morgan fingerprint density at radius 2 is 0.491 bits per heavy atom. The van der Waals surface area contributed by atoms with Gasteiger partial charge in [-0.1, -0.05) is 243 Å². The predicted molar refractivity (Wildman–Crippen MR) is 460 cm³/mol. The quantitative estimate of drug-likeness (QED) is 0.0405. The number of esters is 2. The Morgan fingerprint density at radius 3 is 0.793 bits per heavy atom. The molecule has 0 radical (unpaired) electrons. The second kappa shape index (κ2) is 35.7. The summed E-state index contributed by atoms with van der Waals surface area (Å²) >= 11 is 0. The molecule has 0 bridgehead atoms. The smallest absolute Gasteiger partial charge is 0.343 e. The molecule has 12 nitrogen and oxygen atoms in total. The number of methoxy groups -OCH3 is 2. The van der Waals surface area contributed by atoms with Crippen LogP contribution < -0.4 is 28.4 Å². The number of ether oxygens (including phenoxy) is 6. The number of benzene rings is 14. The zero-order chi connectivity index (χ0) is 81.6. The van der Waals surface area contributed by atoms with Crippen molar-refractivity contribution in [3.05, 3.63) is 394 Å². The number of hydrogen-bond acceptors (Lipinski definition) is 12. The summed E-state index contributed by atoms with van der Waals surface area (Å²) in [7, 11) is 3.34. The molecule has 0 heterocycles. The summed E-state index contributed by atoms with van der Waals surface area (Å²) < 4.78 is 36.7. The first-order valence-electron chi connectivity index (χ1n) is 38.6. The number of Topliss-reactive ketones (excluding diaryl/α,β-unsaturated/α-hetero) is 4. The molecule has 0 saturated carbocycles. The summed E-state index contributed by atoms with van der Waals surface area (Å²) in [6.07, 6.45) is 0. The van der Waals surface area contributed by atoms with Gasteiger partial charge in [-0.05, 0) is 218 Å². The largest absolute Gasteiger partial charge is 0.496 e. The Bertz CT molecular complexity index is 5900. The highest BCUT2D eigenvalue weighted by atomic mass is 16.5. The molecule has 116 heavy (non-hydrogen) atoms. The summed E-state index contributed by atoms with van der Waals surface area (Å²) in [6.45, 7) is 14.2. The molecule has 0 saturated heterocycles. The maximum atomic E-state index is 13.6. The number of ketones is 4. The van der Waals surface area contributed by atoms with Gasteiger partial charge in [0, 0.05) is 44.5 Å².